The number of benzene rings is 1. The van der Waals surface area contributed by atoms with E-state index in [4.69, 9.17) is 9.84 Å². The van der Waals surface area contributed by atoms with Gasteiger partial charge in [-0.2, -0.15) is 5.10 Å². The van der Waals surface area contributed by atoms with E-state index in [0.717, 1.165) is 23.4 Å². The Labute approximate surface area is 162 Å². The van der Waals surface area contributed by atoms with Crippen LogP contribution in [-0.4, -0.2) is 15.7 Å². The molecule has 27 heavy (non-hydrogen) atoms. The average molecular weight is 369 g/mol. The molecule has 0 amide bonds. The molecule has 4 heteroatoms. The van der Waals surface area contributed by atoms with Gasteiger partial charge in [0.05, 0.1) is 11.4 Å². The molecule has 4 nitrogen and oxygen atoms in total. The Kier molecular flexibility index (Phi) is 5.73. The lowest BCUT2D eigenvalue weighted by Gasteiger charge is -2.14. The highest BCUT2D eigenvalue weighted by Crippen LogP contribution is 2.31. The number of aromatic nitrogens is 2. The van der Waals surface area contributed by atoms with Crippen molar-refractivity contribution in [2.24, 2.45) is 5.92 Å². The molecule has 0 bridgehead atoms. The van der Waals surface area contributed by atoms with E-state index in [1.807, 2.05) is 12.1 Å². The topological polar surface area (TPSA) is 44.1 Å². The van der Waals surface area contributed by atoms with Crippen molar-refractivity contribution < 1.29 is 9.53 Å². The van der Waals surface area contributed by atoms with E-state index < -0.39 is 0 Å². The van der Waals surface area contributed by atoms with Gasteiger partial charge in [-0.3, -0.25) is 4.79 Å². The third kappa shape index (κ3) is 4.79. The lowest BCUT2D eigenvalue weighted by molar-refractivity contribution is -0.135. The number of esters is 1. The highest BCUT2D eigenvalue weighted by molar-refractivity contribution is 5.72. The van der Waals surface area contributed by atoms with Gasteiger partial charge in [0.25, 0.3) is 0 Å². The Morgan fingerprint density at radius 1 is 1.19 bits per heavy atom. The monoisotopic (exact) mass is 368 g/mol. The van der Waals surface area contributed by atoms with Gasteiger partial charge in [0.15, 0.2) is 0 Å². The molecule has 1 aliphatic carbocycles. The lowest BCUT2D eigenvalue weighted by Crippen LogP contribution is -2.14. The van der Waals surface area contributed by atoms with Crippen LogP contribution in [-0.2, 0) is 10.2 Å². The molecular weight excluding hydrogens is 336 g/mol. The van der Waals surface area contributed by atoms with E-state index >= 15 is 0 Å². The van der Waals surface area contributed by atoms with Gasteiger partial charge < -0.3 is 4.74 Å². The highest BCUT2D eigenvalue weighted by Gasteiger charge is 2.24. The van der Waals surface area contributed by atoms with E-state index in [2.05, 4.69) is 46.8 Å². The van der Waals surface area contributed by atoms with Crippen LogP contribution in [0.25, 0.3) is 5.69 Å². The molecule has 1 aliphatic rings. The van der Waals surface area contributed by atoms with Gasteiger partial charge in [-0.15, -0.1) is 0 Å². The number of hydrogen-bond acceptors (Lipinski definition) is 3. The molecule has 0 N–H and O–H groups in total. The lowest BCUT2D eigenvalue weighted by atomic mass is 9.93. The Morgan fingerprint density at radius 2 is 1.89 bits per heavy atom. The molecule has 0 radical (unpaired) electrons. The van der Waals surface area contributed by atoms with Crippen molar-refractivity contribution >= 4 is 5.97 Å². The summed E-state index contributed by atoms with van der Waals surface area (Å²) in [5, 5.41) is 4.77. The van der Waals surface area contributed by atoms with Gasteiger partial charge in [0, 0.05) is 17.9 Å². The van der Waals surface area contributed by atoms with Crippen molar-refractivity contribution in [2.45, 2.75) is 78.6 Å². The minimum absolute atomic E-state index is 0.116. The van der Waals surface area contributed by atoms with E-state index in [1.165, 1.54) is 31.2 Å². The molecule has 0 aliphatic heterocycles. The average Bonchev–Trinajstić information content (AvgIpc) is 3.22. The van der Waals surface area contributed by atoms with Crippen LogP contribution in [0.3, 0.4) is 0 Å². The zero-order chi connectivity index (χ0) is 19.6. The van der Waals surface area contributed by atoms with Gasteiger partial charge in [-0.1, -0.05) is 64.2 Å². The fraction of sp³-hybridized carbons (Fsp3) is 0.565. The predicted octanol–water partition coefficient (Wildman–Crippen LogP) is 5.66. The van der Waals surface area contributed by atoms with Gasteiger partial charge >= 0.3 is 5.97 Å². The number of carbonyl (C=O) groups is 1. The maximum Gasteiger partial charge on any atom is 0.312 e. The summed E-state index contributed by atoms with van der Waals surface area (Å²) in [4.78, 5) is 12.5. The zero-order valence-electron chi connectivity index (χ0n) is 17.3. The SMILES string of the molecule is Cc1ccc(-n2nc(C(C)(C)C)cc2OC(=O)CCC2CCCC2)c(C)c1. The molecule has 1 aromatic carbocycles. The van der Waals surface area contributed by atoms with Crippen molar-refractivity contribution in [2.75, 3.05) is 0 Å². The number of nitrogens with zero attached hydrogens (tertiary/aromatic N) is 2. The minimum atomic E-state index is -0.159. The molecule has 1 aromatic heterocycles. The number of aryl methyl sites for hydroxylation is 2. The van der Waals surface area contributed by atoms with Crippen molar-refractivity contribution in [3.63, 3.8) is 0 Å². The quantitative estimate of drug-likeness (QED) is 0.639. The summed E-state index contributed by atoms with van der Waals surface area (Å²) in [5.41, 5.74) is 4.07. The van der Waals surface area contributed by atoms with Gasteiger partial charge in [0.2, 0.25) is 5.88 Å². The third-order valence-corrected chi connectivity index (χ3v) is 5.48. The molecule has 0 atom stereocenters. The maximum absolute atomic E-state index is 12.5. The second kappa shape index (κ2) is 7.87. The summed E-state index contributed by atoms with van der Waals surface area (Å²) in [6.07, 6.45) is 6.52. The summed E-state index contributed by atoms with van der Waals surface area (Å²) in [6, 6.07) is 8.14. The second-order valence-corrected chi connectivity index (χ2v) is 8.98. The normalized spacial score (nSPS) is 15.3. The summed E-state index contributed by atoms with van der Waals surface area (Å²) in [6.45, 7) is 10.5. The number of carbonyl (C=O) groups excluding carboxylic acids is 1. The van der Waals surface area contributed by atoms with Crippen LogP contribution in [0, 0.1) is 19.8 Å². The molecule has 146 valence electrons. The van der Waals surface area contributed by atoms with E-state index in [0.29, 0.717) is 18.2 Å². The van der Waals surface area contributed by atoms with Gasteiger partial charge in [-0.25, -0.2) is 4.68 Å². The first-order valence-electron chi connectivity index (χ1n) is 10.1. The van der Waals surface area contributed by atoms with Crippen molar-refractivity contribution in [1.29, 1.82) is 0 Å². The van der Waals surface area contributed by atoms with Crippen molar-refractivity contribution in [3.05, 3.63) is 41.1 Å². The summed E-state index contributed by atoms with van der Waals surface area (Å²) in [5.74, 6) is 1.04. The van der Waals surface area contributed by atoms with Crippen LogP contribution in [0.4, 0.5) is 0 Å². The smallest absolute Gasteiger partial charge is 0.312 e. The minimum Gasteiger partial charge on any atom is -0.407 e. The molecule has 1 fully saturated rings. The fourth-order valence-corrected chi connectivity index (χ4v) is 3.81. The molecular formula is C23H32N2O2. The Balaban J connectivity index is 1.84. The largest absolute Gasteiger partial charge is 0.407 e. The first kappa shape index (κ1) is 19.7. The third-order valence-electron chi connectivity index (χ3n) is 5.48. The van der Waals surface area contributed by atoms with Crippen LogP contribution in [0.1, 0.15) is 76.1 Å². The Hall–Kier alpha value is -2.10. The number of ether oxygens (including phenoxy) is 1. The van der Waals surface area contributed by atoms with Crippen LogP contribution < -0.4 is 4.74 Å². The van der Waals surface area contributed by atoms with E-state index in [1.54, 1.807) is 4.68 Å². The van der Waals surface area contributed by atoms with Crippen molar-refractivity contribution in [1.82, 2.24) is 9.78 Å². The summed E-state index contributed by atoms with van der Waals surface area (Å²) >= 11 is 0. The second-order valence-electron chi connectivity index (χ2n) is 8.98. The van der Waals surface area contributed by atoms with E-state index in [9.17, 15) is 4.79 Å². The first-order valence-corrected chi connectivity index (χ1v) is 10.1. The maximum atomic E-state index is 12.5. The zero-order valence-corrected chi connectivity index (χ0v) is 17.3. The molecule has 0 spiro atoms. The molecule has 3 rings (SSSR count). The predicted molar refractivity (Wildman–Crippen MR) is 109 cm³/mol. The highest BCUT2D eigenvalue weighted by atomic mass is 16.5. The molecule has 2 aromatic rings. The van der Waals surface area contributed by atoms with Crippen molar-refractivity contribution in [3.8, 4) is 11.6 Å². The van der Waals surface area contributed by atoms with Crippen LogP contribution in [0.15, 0.2) is 24.3 Å². The van der Waals surface area contributed by atoms with Crippen LogP contribution in [0.5, 0.6) is 5.88 Å². The van der Waals surface area contributed by atoms with E-state index in [-0.39, 0.29) is 11.4 Å². The van der Waals surface area contributed by atoms with Gasteiger partial charge in [-0.05, 0) is 37.8 Å². The Bertz CT molecular complexity index is 808. The molecule has 0 unspecified atom stereocenters. The first-order chi connectivity index (χ1) is 12.7. The standard InChI is InChI=1S/C23H32N2O2/c1-16-10-12-19(17(2)14-16)25-21(15-20(24-25)23(3,4)5)27-22(26)13-11-18-8-6-7-9-18/h10,12,14-15,18H,6-9,11,13H2,1-5H3. The molecule has 1 saturated carbocycles. The number of rotatable bonds is 5. The Morgan fingerprint density at radius 3 is 2.52 bits per heavy atom. The van der Waals surface area contributed by atoms with Crippen LogP contribution >= 0.6 is 0 Å². The molecule has 1 heterocycles. The van der Waals surface area contributed by atoms with Gasteiger partial charge in [0.1, 0.15) is 0 Å². The number of hydrogen-bond donors (Lipinski definition) is 0. The summed E-state index contributed by atoms with van der Waals surface area (Å²) < 4.78 is 7.56. The molecule has 0 saturated heterocycles. The fourth-order valence-electron chi connectivity index (χ4n) is 3.81. The van der Waals surface area contributed by atoms with Crippen LogP contribution in [0.2, 0.25) is 0 Å². The summed E-state index contributed by atoms with van der Waals surface area (Å²) in [7, 11) is 0.